The summed E-state index contributed by atoms with van der Waals surface area (Å²) in [6.07, 6.45) is 10.8. The lowest BCUT2D eigenvalue weighted by molar-refractivity contribution is -0.151. The van der Waals surface area contributed by atoms with Crippen LogP contribution in [0.25, 0.3) is 28.0 Å². The van der Waals surface area contributed by atoms with Gasteiger partial charge in [-0.3, -0.25) is 19.4 Å². The largest absolute Gasteiger partial charge is 0.481 e. The number of fused-ring (bicyclic) bond motifs is 2. The van der Waals surface area contributed by atoms with Gasteiger partial charge in [0.15, 0.2) is 0 Å². The summed E-state index contributed by atoms with van der Waals surface area (Å²) in [5.74, 6) is 1.20. The quantitative estimate of drug-likeness (QED) is 0.128. The third kappa shape index (κ3) is 7.81. The van der Waals surface area contributed by atoms with Crippen molar-refractivity contribution in [3.8, 4) is 28.3 Å². The first-order valence-corrected chi connectivity index (χ1v) is 20.4. The molecule has 302 valence electrons. The second-order valence-electron chi connectivity index (χ2n) is 16.1. The van der Waals surface area contributed by atoms with E-state index in [1.165, 1.54) is 12.7 Å². The van der Waals surface area contributed by atoms with Gasteiger partial charge in [0.25, 0.3) is 0 Å². The Hall–Kier alpha value is -5.62. The number of pyridine rings is 1. The highest BCUT2D eigenvalue weighted by Crippen LogP contribution is 2.54. The van der Waals surface area contributed by atoms with E-state index in [0.29, 0.717) is 30.8 Å². The standard InChI is InChI=1S/C46H52N6O6/c1-27(56-2)36(23-40(53)57-3)46(55)52-20-6-8-39(52)43-49-26-38(51-43)31-15-13-29(14-16-31)28-9-11-30(12-10-28)35-22-37(48-25-35)41-32-17-18-33(21-32)42(41)44(54)50-24-34-7-5-19-47-45(34)58-4/h5,7,9-16,19,25-27,32-33,36,39,41-42H,6,8,17-18,20-24H2,1-4H3,(H,49,51)(H,50,54)/t27-,32?,33?,36+,39+,41?,42+/m1/s1. The first-order chi connectivity index (χ1) is 28.3. The van der Waals surface area contributed by atoms with Crippen LogP contribution in [0.2, 0.25) is 0 Å². The SMILES string of the molecule is COC(=O)C[C@H](C(=O)N1CCC[C@H]1c1ncc(-c2ccc(-c3ccc(C4=CN=C(C5C6CCC(C6)[C@@H]5C(=O)NCc5cccnc5OC)C4)cc3)cc2)[nH]1)[C@@H](C)OC. The van der Waals surface area contributed by atoms with E-state index in [9.17, 15) is 14.4 Å². The van der Waals surface area contributed by atoms with Crippen LogP contribution >= 0.6 is 0 Å². The Bertz CT molecular complexity index is 2200. The van der Waals surface area contributed by atoms with Crippen molar-refractivity contribution in [2.45, 2.75) is 70.6 Å². The number of aromatic nitrogens is 3. The number of hydrogen-bond donors (Lipinski definition) is 2. The predicted octanol–water partition coefficient (Wildman–Crippen LogP) is 7.19. The molecule has 2 aliphatic carbocycles. The van der Waals surface area contributed by atoms with Crippen LogP contribution in [-0.4, -0.2) is 77.3 Å². The number of allylic oxidation sites excluding steroid dienone is 1. The lowest BCUT2D eigenvalue weighted by atomic mass is 9.75. The van der Waals surface area contributed by atoms with Crippen LogP contribution in [0.1, 0.15) is 74.9 Å². The molecule has 2 N–H and O–H groups in total. The molecule has 7 atom stereocenters. The van der Waals surface area contributed by atoms with Crippen LogP contribution in [0.4, 0.5) is 0 Å². The lowest BCUT2D eigenvalue weighted by Gasteiger charge is -2.30. The van der Waals surface area contributed by atoms with Crippen molar-refractivity contribution in [2.75, 3.05) is 27.9 Å². The molecule has 2 bridgehead atoms. The zero-order valence-electron chi connectivity index (χ0n) is 33.6. The molecule has 2 aromatic carbocycles. The molecule has 3 fully saturated rings. The van der Waals surface area contributed by atoms with Gasteiger partial charge in [0.05, 0.1) is 50.6 Å². The smallest absolute Gasteiger partial charge is 0.306 e. The zero-order valence-corrected chi connectivity index (χ0v) is 33.6. The van der Waals surface area contributed by atoms with Gasteiger partial charge < -0.3 is 29.4 Å². The number of aromatic amines is 1. The fourth-order valence-corrected chi connectivity index (χ4v) is 9.80. The van der Waals surface area contributed by atoms with Gasteiger partial charge in [-0.2, -0.15) is 0 Å². The molecule has 2 aliphatic heterocycles. The Morgan fingerprint density at radius 3 is 2.36 bits per heavy atom. The fraction of sp³-hybridized carbons (Fsp3) is 0.435. The van der Waals surface area contributed by atoms with Gasteiger partial charge in [-0.25, -0.2) is 9.97 Å². The van der Waals surface area contributed by atoms with Crippen LogP contribution in [0.5, 0.6) is 5.88 Å². The molecule has 1 saturated heterocycles. The number of ether oxygens (including phenoxy) is 3. The summed E-state index contributed by atoms with van der Waals surface area (Å²) in [6, 6.07) is 20.6. The van der Waals surface area contributed by atoms with Gasteiger partial charge in [0.2, 0.25) is 17.7 Å². The Morgan fingerprint density at radius 1 is 0.914 bits per heavy atom. The van der Waals surface area contributed by atoms with E-state index in [4.69, 9.17) is 24.2 Å². The molecule has 12 nitrogen and oxygen atoms in total. The third-order valence-corrected chi connectivity index (χ3v) is 13.0. The normalized spacial score (nSPS) is 23.3. The number of rotatable bonds is 14. The molecule has 4 aromatic rings. The monoisotopic (exact) mass is 784 g/mol. The molecule has 4 heterocycles. The number of nitrogens with one attached hydrogen (secondary N) is 2. The van der Waals surface area contributed by atoms with E-state index in [2.05, 4.69) is 63.8 Å². The Morgan fingerprint density at radius 2 is 1.64 bits per heavy atom. The van der Waals surface area contributed by atoms with Crippen molar-refractivity contribution >= 4 is 29.1 Å². The number of amides is 2. The highest BCUT2D eigenvalue weighted by molar-refractivity contribution is 6.02. The lowest BCUT2D eigenvalue weighted by Crippen LogP contribution is -2.41. The van der Waals surface area contributed by atoms with E-state index >= 15 is 0 Å². The zero-order chi connectivity index (χ0) is 40.3. The Kier molecular flexibility index (Phi) is 11.5. The molecule has 2 saturated carbocycles. The molecular weight excluding hydrogens is 733 g/mol. The van der Waals surface area contributed by atoms with Crippen molar-refractivity contribution in [3.63, 3.8) is 0 Å². The molecule has 12 heteroatoms. The molecule has 0 spiro atoms. The van der Waals surface area contributed by atoms with Crippen molar-refractivity contribution < 1.29 is 28.6 Å². The average Bonchev–Trinajstić information content (AvgIpc) is 4.13. The van der Waals surface area contributed by atoms with Crippen molar-refractivity contribution in [2.24, 2.45) is 34.6 Å². The van der Waals surface area contributed by atoms with E-state index in [1.807, 2.05) is 29.4 Å². The number of hydrogen-bond acceptors (Lipinski definition) is 9. The number of carbonyl (C=O) groups is 3. The van der Waals surface area contributed by atoms with Crippen LogP contribution in [0.15, 0.2) is 84.2 Å². The van der Waals surface area contributed by atoms with E-state index in [1.54, 1.807) is 27.3 Å². The molecular formula is C46H52N6O6. The van der Waals surface area contributed by atoms with Crippen LogP contribution in [-0.2, 0) is 30.4 Å². The summed E-state index contributed by atoms with van der Waals surface area (Å²) >= 11 is 0. The molecule has 3 unspecified atom stereocenters. The first kappa shape index (κ1) is 39.2. The fourth-order valence-electron chi connectivity index (χ4n) is 9.80. The van der Waals surface area contributed by atoms with Gasteiger partial charge in [-0.05, 0) is 84.8 Å². The van der Waals surface area contributed by atoms with Crippen LogP contribution < -0.4 is 10.1 Å². The maximum Gasteiger partial charge on any atom is 0.306 e. The highest BCUT2D eigenvalue weighted by atomic mass is 16.5. The minimum Gasteiger partial charge on any atom is -0.481 e. The van der Waals surface area contributed by atoms with Crippen LogP contribution in [0.3, 0.4) is 0 Å². The summed E-state index contributed by atoms with van der Waals surface area (Å²) in [6.45, 7) is 2.80. The number of aliphatic imine (C=N–C) groups is 1. The number of esters is 1. The molecule has 2 aromatic heterocycles. The van der Waals surface area contributed by atoms with Crippen LogP contribution in [0, 0.1) is 29.6 Å². The van der Waals surface area contributed by atoms with E-state index < -0.39 is 18.0 Å². The van der Waals surface area contributed by atoms with Crippen molar-refractivity contribution in [1.82, 2.24) is 25.2 Å². The molecule has 58 heavy (non-hydrogen) atoms. The third-order valence-electron chi connectivity index (χ3n) is 13.0. The number of imidazole rings is 1. The number of H-pyrrole nitrogens is 1. The van der Waals surface area contributed by atoms with Crippen molar-refractivity contribution in [3.05, 3.63) is 96.2 Å². The maximum absolute atomic E-state index is 13.7. The second kappa shape index (κ2) is 17.1. The van der Waals surface area contributed by atoms with Gasteiger partial charge in [0, 0.05) is 62.1 Å². The van der Waals surface area contributed by atoms with Gasteiger partial charge in [0.1, 0.15) is 5.82 Å². The number of likely N-dealkylation sites (tertiary alicyclic amines) is 1. The number of nitrogens with zero attached hydrogens (tertiary/aromatic N) is 4. The van der Waals surface area contributed by atoms with Crippen molar-refractivity contribution in [1.29, 1.82) is 0 Å². The second-order valence-corrected chi connectivity index (χ2v) is 16.1. The Balaban J connectivity index is 0.888. The van der Waals surface area contributed by atoms with Gasteiger partial charge in [-0.15, -0.1) is 0 Å². The topological polar surface area (TPSA) is 148 Å². The van der Waals surface area contributed by atoms with Gasteiger partial charge >= 0.3 is 5.97 Å². The number of methoxy groups -OCH3 is 3. The maximum atomic E-state index is 13.7. The summed E-state index contributed by atoms with van der Waals surface area (Å²) in [4.78, 5) is 58.8. The number of benzene rings is 2. The summed E-state index contributed by atoms with van der Waals surface area (Å²) in [5.41, 5.74) is 8.42. The minimum absolute atomic E-state index is 0.0338. The minimum atomic E-state index is -0.635. The molecule has 0 radical (unpaired) electrons. The summed E-state index contributed by atoms with van der Waals surface area (Å²) in [5, 5.41) is 3.20. The van der Waals surface area contributed by atoms with E-state index in [-0.39, 0.29) is 36.1 Å². The summed E-state index contributed by atoms with van der Waals surface area (Å²) in [7, 11) is 4.48. The molecule has 2 amide bonds. The molecule has 4 aliphatic rings. The number of carbonyl (C=O) groups excluding carboxylic acids is 3. The highest BCUT2D eigenvalue weighted by Gasteiger charge is 2.52. The van der Waals surface area contributed by atoms with E-state index in [0.717, 1.165) is 83.6 Å². The Labute approximate surface area is 339 Å². The predicted molar refractivity (Wildman–Crippen MR) is 220 cm³/mol. The first-order valence-electron chi connectivity index (χ1n) is 20.4. The van der Waals surface area contributed by atoms with Gasteiger partial charge in [-0.1, -0.05) is 54.6 Å². The average molecular weight is 785 g/mol. The molecule has 8 rings (SSSR count). The summed E-state index contributed by atoms with van der Waals surface area (Å²) < 4.78 is 15.7.